The predicted octanol–water partition coefficient (Wildman–Crippen LogP) is 2.33. The number of halogens is 1. The van der Waals surface area contributed by atoms with Gasteiger partial charge in [0.25, 0.3) is 0 Å². The second-order valence-corrected chi connectivity index (χ2v) is 7.07. The number of nitrogens with zero attached hydrogens (tertiary/aromatic N) is 1. The Balaban J connectivity index is 1.77. The summed E-state index contributed by atoms with van der Waals surface area (Å²) < 4.78 is 26.2. The molecule has 3 nitrogen and oxygen atoms in total. The minimum Gasteiger partial charge on any atom is -0.399 e. The van der Waals surface area contributed by atoms with Gasteiger partial charge < -0.3 is 9.31 Å². The number of likely N-dealkylation sites (tertiary alicyclic amines) is 1. The van der Waals surface area contributed by atoms with Crippen LogP contribution < -0.4 is 5.46 Å². The normalized spacial score (nSPS) is 24.1. The van der Waals surface area contributed by atoms with Crippen molar-refractivity contribution in [3.63, 3.8) is 0 Å². The molecule has 3 rings (SSSR count). The molecule has 0 aromatic heterocycles. The van der Waals surface area contributed by atoms with Gasteiger partial charge in [0.05, 0.1) is 11.2 Å². The molecule has 2 heterocycles. The fourth-order valence-corrected chi connectivity index (χ4v) is 2.63. The molecule has 2 saturated heterocycles. The summed E-state index contributed by atoms with van der Waals surface area (Å²) in [6, 6.07) is 5.38. The number of benzene rings is 1. The SMILES string of the molecule is CC1(C)OB(c2ccc(CN3CCC3)cc2F)OC1(C)C. The van der Waals surface area contributed by atoms with Crippen molar-refractivity contribution in [2.75, 3.05) is 13.1 Å². The minimum atomic E-state index is -0.631. The van der Waals surface area contributed by atoms with Crippen LogP contribution in [-0.4, -0.2) is 36.3 Å². The van der Waals surface area contributed by atoms with E-state index in [0.717, 1.165) is 25.2 Å². The van der Waals surface area contributed by atoms with Crippen molar-refractivity contribution in [1.29, 1.82) is 0 Å². The van der Waals surface area contributed by atoms with Crippen molar-refractivity contribution in [3.8, 4) is 0 Å². The lowest BCUT2D eigenvalue weighted by Gasteiger charge is -2.32. The first-order valence-corrected chi connectivity index (χ1v) is 7.65. The van der Waals surface area contributed by atoms with Crippen molar-refractivity contribution in [3.05, 3.63) is 29.6 Å². The van der Waals surface area contributed by atoms with E-state index in [9.17, 15) is 4.39 Å². The monoisotopic (exact) mass is 291 g/mol. The maximum absolute atomic E-state index is 14.4. The van der Waals surface area contributed by atoms with Crippen LogP contribution in [0.15, 0.2) is 18.2 Å². The van der Waals surface area contributed by atoms with E-state index < -0.39 is 18.3 Å². The molecule has 1 aromatic rings. The minimum absolute atomic E-state index is 0.244. The third-order valence-corrected chi connectivity index (χ3v) is 4.93. The second-order valence-electron chi connectivity index (χ2n) is 7.07. The van der Waals surface area contributed by atoms with Gasteiger partial charge in [0.15, 0.2) is 0 Å². The Morgan fingerprint density at radius 1 is 1.14 bits per heavy atom. The van der Waals surface area contributed by atoms with Gasteiger partial charge in [0.2, 0.25) is 0 Å². The average molecular weight is 291 g/mol. The first kappa shape index (κ1) is 15.0. The van der Waals surface area contributed by atoms with Crippen LogP contribution in [0, 0.1) is 5.82 Å². The Morgan fingerprint density at radius 3 is 2.24 bits per heavy atom. The van der Waals surface area contributed by atoms with E-state index in [0.29, 0.717) is 5.46 Å². The van der Waals surface area contributed by atoms with Crippen LogP contribution in [0.1, 0.15) is 39.7 Å². The Hall–Kier alpha value is -0.905. The summed E-state index contributed by atoms with van der Waals surface area (Å²) in [5.74, 6) is -0.244. The molecule has 0 unspecified atom stereocenters. The Kier molecular flexibility index (Phi) is 3.63. The lowest BCUT2D eigenvalue weighted by Crippen LogP contribution is -2.41. The van der Waals surface area contributed by atoms with Gasteiger partial charge in [-0.25, -0.2) is 4.39 Å². The molecule has 21 heavy (non-hydrogen) atoms. The van der Waals surface area contributed by atoms with E-state index >= 15 is 0 Å². The zero-order valence-corrected chi connectivity index (χ0v) is 13.3. The quantitative estimate of drug-likeness (QED) is 0.798. The number of hydrogen-bond acceptors (Lipinski definition) is 3. The lowest BCUT2D eigenvalue weighted by molar-refractivity contribution is 0.00578. The van der Waals surface area contributed by atoms with Crippen molar-refractivity contribution in [2.45, 2.75) is 51.9 Å². The Labute approximate surface area is 126 Å². The van der Waals surface area contributed by atoms with Crippen LogP contribution in [0.5, 0.6) is 0 Å². The Morgan fingerprint density at radius 2 is 1.76 bits per heavy atom. The molecule has 0 atom stereocenters. The lowest BCUT2D eigenvalue weighted by atomic mass is 9.78. The molecule has 0 amide bonds. The molecule has 0 radical (unpaired) electrons. The van der Waals surface area contributed by atoms with Crippen LogP contribution in [0.4, 0.5) is 4.39 Å². The zero-order chi connectivity index (χ0) is 15.3. The van der Waals surface area contributed by atoms with Gasteiger partial charge in [-0.05, 0) is 58.8 Å². The number of hydrogen-bond donors (Lipinski definition) is 0. The van der Waals surface area contributed by atoms with E-state index in [4.69, 9.17) is 9.31 Å². The molecular formula is C16H23BFNO2. The molecule has 2 aliphatic heterocycles. The van der Waals surface area contributed by atoms with Gasteiger partial charge >= 0.3 is 7.12 Å². The first-order chi connectivity index (χ1) is 9.78. The van der Waals surface area contributed by atoms with Crippen LogP contribution in [-0.2, 0) is 15.9 Å². The summed E-state index contributed by atoms with van der Waals surface area (Å²) in [5.41, 5.74) is 0.606. The van der Waals surface area contributed by atoms with E-state index in [1.54, 1.807) is 12.1 Å². The van der Waals surface area contributed by atoms with Crippen LogP contribution in [0.25, 0.3) is 0 Å². The van der Waals surface area contributed by atoms with Gasteiger partial charge in [-0.1, -0.05) is 12.1 Å². The summed E-state index contributed by atoms with van der Waals surface area (Å²) >= 11 is 0. The molecule has 2 aliphatic rings. The highest BCUT2D eigenvalue weighted by molar-refractivity contribution is 6.62. The molecular weight excluding hydrogens is 268 g/mol. The summed E-state index contributed by atoms with van der Waals surface area (Å²) in [5, 5.41) is 0. The predicted molar refractivity (Wildman–Crippen MR) is 82.0 cm³/mol. The van der Waals surface area contributed by atoms with E-state index in [2.05, 4.69) is 4.90 Å². The highest BCUT2D eigenvalue weighted by Gasteiger charge is 2.52. The maximum Gasteiger partial charge on any atom is 0.497 e. The van der Waals surface area contributed by atoms with E-state index in [1.165, 1.54) is 6.42 Å². The molecule has 0 N–H and O–H groups in total. The van der Waals surface area contributed by atoms with Gasteiger partial charge in [-0.15, -0.1) is 0 Å². The highest BCUT2D eigenvalue weighted by Crippen LogP contribution is 2.36. The van der Waals surface area contributed by atoms with Gasteiger partial charge in [-0.3, -0.25) is 4.90 Å². The fraction of sp³-hybridized carbons (Fsp3) is 0.625. The smallest absolute Gasteiger partial charge is 0.399 e. The molecule has 0 saturated carbocycles. The molecule has 0 bridgehead atoms. The van der Waals surface area contributed by atoms with Crippen molar-refractivity contribution >= 4 is 12.6 Å². The molecule has 5 heteroatoms. The average Bonchev–Trinajstić information content (AvgIpc) is 2.53. The summed E-state index contributed by atoms with van der Waals surface area (Å²) in [4.78, 5) is 2.31. The second kappa shape index (κ2) is 5.08. The van der Waals surface area contributed by atoms with Crippen molar-refractivity contribution in [1.82, 2.24) is 4.90 Å². The summed E-state index contributed by atoms with van der Waals surface area (Å²) in [6.07, 6.45) is 1.24. The van der Waals surface area contributed by atoms with Gasteiger partial charge in [0.1, 0.15) is 5.82 Å². The van der Waals surface area contributed by atoms with Crippen LogP contribution >= 0.6 is 0 Å². The third kappa shape index (κ3) is 2.74. The van der Waals surface area contributed by atoms with E-state index in [1.807, 2.05) is 33.8 Å². The van der Waals surface area contributed by atoms with Crippen molar-refractivity contribution in [2.24, 2.45) is 0 Å². The van der Waals surface area contributed by atoms with Gasteiger partial charge in [0, 0.05) is 12.0 Å². The largest absolute Gasteiger partial charge is 0.497 e. The maximum atomic E-state index is 14.4. The highest BCUT2D eigenvalue weighted by atomic mass is 19.1. The number of rotatable bonds is 3. The zero-order valence-electron chi connectivity index (χ0n) is 13.3. The Bertz CT molecular complexity index is 527. The standard InChI is InChI=1S/C16H23BFNO2/c1-15(2)16(3,4)21-17(20-15)13-7-6-12(10-14(13)18)11-19-8-5-9-19/h6-7,10H,5,8-9,11H2,1-4H3. The van der Waals surface area contributed by atoms with E-state index in [-0.39, 0.29) is 5.82 Å². The first-order valence-electron chi connectivity index (χ1n) is 7.65. The molecule has 2 fully saturated rings. The van der Waals surface area contributed by atoms with Crippen LogP contribution in [0.2, 0.25) is 0 Å². The molecule has 0 spiro atoms. The third-order valence-electron chi connectivity index (χ3n) is 4.93. The fourth-order valence-electron chi connectivity index (χ4n) is 2.63. The molecule has 114 valence electrons. The van der Waals surface area contributed by atoms with Gasteiger partial charge in [-0.2, -0.15) is 0 Å². The topological polar surface area (TPSA) is 21.7 Å². The van der Waals surface area contributed by atoms with Crippen LogP contribution in [0.3, 0.4) is 0 Å². The molecule has 1 aromatic carbocycles. The molecule has 0 aliphatic carbocycles. The summed E-state index contributed by atoms with van der Waals surface area (Å²) in [6.45, 7) is 10.9. The van der Waals surface area contributed by atoms with Crippen molar-refractivity contribution < 1.29 is 13.7 Å². The summed E-state index contributed by atoms with van der Waals surface area (Å²) in [7, 11) is -0.631.